The van der Waals surface area contributed by atoms with E-state index in [1.807, 2.05) is 0 Å². The minimum atomic E-state index is -0.788. The van der Waals surface area contributed by atoms with Crippen LogP contribution in [0.15, 0.2) is 84.5 Å². The highest BCUT2D eigenvalue weighted by Crippen LogP contribution is 2.38. The van der Waals surface area contributed by atoms with Crippen molar-refractivity contribution in [2.24, 2.45) is 11.8 Å². The Kier molecular flexibility index (Phi) is 6.24. The van der Waals surface area contributed by atoms with Gasteiger partial charge in [-0.05, 0) is 35.8 Å². The fraction of sp³-hybridized carbons (Fsp3) is 0.304. The van der Waals surface area contributed by atoms with Gasteiger partial charge in [0.15, 0.2) is 0 Å². The van der Waals surface area contributed by atoms with Crippen LogP contribution >= 0.6 is 8.15 Å². The van der Waals surface area contributed by atoms with E-state index in [1.54, 1.807) is 0 Å². The van der Waals surface area contributed by atoms with E-state index in [2.05, 4.69) is 87.2 Å². The first-order valence-corrected chi connectivity index (χ1v) is 10.3. The predicted molar refractivity (Wildman–Crippen MR) is 110 cm³/mol. The SMILES string of the molecule is C=C1/C(=C\COP(c2ccccc2)c2ccccc2)C[C@@H](C)C[C@@H]1C. The molecule has 2 aromatic rings. The van der Waals surface area contributed by atoms with Crippen LogP contribution in [0, 0.1) is 11.8 Å². The molecule has 0 amide bonds. The average Bonchev–Trinajstić information content (AvgIpc) is 2.64. The summed E-state index contributed by atoms with van der Waals surface area (Å²) in [5.74, 6) is 1.32. The van der Waals surface area contributed by atoms with E-state index in [0.29, 0.717) is 12.5 Å². The first kappa shape index (κ1) is 18.1. The van der Waals surface area contributed by atoms with Gasteiger partial charge in [-0.3, -0.25) is 0 Å². The maximum atomic E-state index is 6.38. The van der Waals surface area contributed by atoms with E-state index in [9.17, 15) is 0 Å². The van der Waals surface area contributed by atoms with E-state index < -0.39 is 8.15 Å². The number of allylic oxidation sites excluding steroid dienone is 2. The molecule has 1 fully saturated rings. The second kappa shape index (κ2) is 8.61. The van der Waals surface area contributed by atoms with Crippen molar-refractivity contribution in [3.63, 3.8) is 0 Å². The van der Waals surface area contributed by atoms with E-state index >= 15 is 0 Å². The number of hydrogen-bond donors (Lipinski definition) is 0. The van der Waals surface area contributed by atoms with Crippen LogP contribution < -0.4 is 10.6 Å². The molecule has 0 unspecified atom stereocenters. The Morgan fingerprint density at radius 3 is 2.12 bits per heavy atom. The molecular formula is C23H27OP. The van der Waals surface area contributed by atoms with Crippen molar-refractivity contribution in [2.45, 2.75) is 26.7 Å². The fourth-order valence-corrected chi connectivity index (χ4v) is 5.21. The third-order valence-corrected chi connectivity index (χ3v) is 6.79. The molecule has 25 heavy (non-hydrogen) atoms. The van der Waals surface area contributed by atoms with Gasteiger partial charge in [0.25, 0.3) is 0 Å². The number of benzene rings is 2. The van der Waals surface area contributed by atoms with Crippen LogP contribution in [0.1, 0.15) is 26.7 Å². The van der Waals surface area contributed by atoms with Gasteiger partial charge in [0.05, 0.1) is 14.8 Å². The Morgan fingerprint density at radius 2 is 1.56 bits per heavy atom. The summed E-state index contributed by atoms with van der Waals surface area (Å²) in [5.41, 5.74) is 2.69. The van der Waals surface area contributed by atoms with Gasteiger partial charge in [0.1, 0.15) is 0 Å². The summed E-state index contributed by atoms with van der Waals surface area (Å²) in [6.07, 6.45) is 4.63. The van der Waals surface area contributed by atoms with Gasteiger partial charge in [-0.2, -0.15) is 0 Å². The lowest BCUT2D eigenvalue weighted by Gasteiger charge is -2.29. The van der Waals surface area contributed by atoms with Gasteiger partial charge in [-0.1, -0.05) is 87.2 Å². The molecule has 0 bridgehead atoms. The lowest BCUT2D eigenvalue weighted by Crippen LogP contribution is -2.16. The normalized spacial score (nSPS) is 22.5. The highest BCUT2D eigenvalue weighted by Gasteiger charge is 2.22. The Balaban J connectivity index is 1.75. The molecule has 1 aliphatic carbocycles. The van der Waals surface area contributed by atoms with Crippen molar-refractivity contribution in [3.8, 4) is 0 Å². The van der Waals surface area contributed by atoms with Crippen molar-refractivity contribution in [2.75, 3.05) is 6.61 Å². The quantitative estimate of drug-likeness (QED) is 0.638. The summed E-state index contributed by atoms with van der Waals surface area (Å²) in [5, 5.41) is 2.51. The fourth-order valence-electron chi connectivity index (χ4n) is 3.50. The minimum absolute atomic E-state index is 0.583. The molecule has 1 aliphatic rings. The lowest BCUT2D eigenvalue weighted by atomic mass is 9.77. The van der Waals surface area contributed by atoms with Crippen molar-refractivity contribution < 1.29 is 4.52 Å². The highest BCUT2D eigenvalue weighted by atomic mass is 31.1. The van der Waals surface area contributed by atoms with Crippen molar-refractivity contribution >= 4 is 18.8 Å². The van der Waals surface area contributed by atoms with Crippen LogP contribution in [0.4, 0.5) is 0 Å². The van der Waals surface area contributed by atoms with Gasteiger partial charge < -0.3 is 4.52 Å². The van der Waals surface area contributed by atoms with E-state index in [4.69, 9.17) is 4.52 Å². The maximum Gasteiger partial charge on any atom is 0.0922 e. The van der Waals surface area contributed by atoms with Gasteiger partial charge in [0, 0.05) is 10.6 Å². The molecule has 0 heterocycles. The summed E-state index contributed by atoms with van der Waals surface area (Å²) >= 11 is 0. The molecule has 3 rings (SSSR count). The number of rotatable bonds is 5. The van der Waals surface area contributed by atoms with E-state index in [1.165, 1.54) is 28.2 Å². The van der Waals surface area contributed by atoms with Gasteiger partial charge >= 0.3 is 0 Å². The van der Waals surface area contributed by atoms with Crippen molar-refractivity contribution in [1.82, 2.24) is 0 Å². The van der Waals surface area contributed by atoms with Gasteiger partial charge in [0.2, 0.25) is 0 Å². The molecule has 1 saturated carbocycles. The lowest BCUT2D eigenvalue weighted by molar-refractivity contribution is 0.397. The zero-order valence-corrected chi connectivity index (χ0v) is 16.1. The minimum Gasteiger partial charge on any atom is -0.346 e. The van der Waals surface area contributed by atoms with Crippen LogP contribution in [0.3, 0.4) is 0 Å². The molecule has 2 atom stereocenters. The third kappa shape index (κ3) is 4.69. The summed E-state index contributed by atoms with van der Waals surface area (Å²) in [4.78, 5) is 0. The van der Waals surface area contributed by atoms with Crippen LogP contribution in [0.2, 0.25) is 0 Å². The molecule has 130 valence electrons. The van der Waals surface area contributed by atoms with Gasteiger partial charge in [-0.25, -0.2) is 0 Å². The number of hydrogen-bond acceptors (Lipinski definition) is 1. The molecule has 0 spiro atoms. The molecule has 0 N–H and O–H groups in total. The molecule has 2 heteroatoms. The predicted octanol–water partition coefficient (Wildman–Crippen LogP) is 5.60. The first-order valence-electron chi connectivity index (χ1n) is 9.06. The van der Waals surface area contributed by atoms with Crippen LogP contribution in [0.5, 0.6) is 0 Å². The van der Waals surface area contributed by atoms with Crippen LogP contribution in [-0.2, 0) is 4.52 Å². The van der Waals surface area contributed by atoms with Crippen molar-refractivity contribution in [1.29, 1.82) is 0 Å². The molecule has 2 aromatic carbocycles. The Morgan fingerprint density at radius 1 is 1.00 bits per heavy atom. The molecule has 1 nitrogen and oxygen atoms in total. The third-order valence-electron chi connectivity index (χ3n) is 4.85. The van der Waals surface area contributed by atoms with E-state index in [0.717, 1.165) is 12.3 Å². The second-order valence-corrected chi connectivity index (χ2v) is 8.84. The first-order chi connectivity index (χ1) is 12.1. The topological polar surface area (TPSA) is 9.23 Å². The smallest absolute Gasteiger partial charge is 0.0922 e. The second-order valence-electron chi connectivity index (χ2n) is 6.96. The Bertz CT molecular complexity index is 681. The van der Waals surface area contributed by atoms with Crippen molar-refractivity contribution in [3.05, 3.63) is 84.5 Å². The molecule has 0 saturated heterocycles. The largest absolute Gasteiger partial charge is 0.346 e. The summed E-state index contributed by atoms with van der Waals surface area (Å²) < 4.78 is 6.38. The highest BCUT2D eigenvalue weighted by molar-refractivity contribution is 7.68. The average molecular weight is 350 g/mol. The van der Waals surface area contributed by atoms with Gasteiger partial charge in [-0.15, -0.1) is 0 Å². The zero-order valence-electron chi connectivity index (χ0n) is 15.2. The maximum absolute atomic E-state index is 6.38. The van der Waals surface area contributed by atoms with Crippen LogP contribution in [-0.4, -0.2) is 6.61 Å². The standard InChI is InChI=1S/C23H27OP/c1-18-16-19(2)20(3)21(17-18)14-15-24-25(22-10-6-4-7-11-22)23-12-8-5-9-13-23/h4-14,18-19H,3,15-17H2,1-2H3/b21-14-/t18-,19-/m0/s1. The summed E-state index contributed by atoms with van der Waals surface area (Å²) in [7, 11) is -0.788. The summed E-state index contributed by atoms with van der Waals surface area (Å²) in [6.45, 7) is 9.57. The Hall–Kier alpha value is -1.69. The van der Waals surface area contributed by atoms with Crippen LogP contribution in [0.25, 0.3) is 0 Å². The Labute approximate surface area is 153 Å². The zero-order chi connectivity index (χ0) is 17.6. The summed E-state index contributed by atoms with van der Waals surface area (Å²) in [6, 6.07) is 21.1. The molecule has 0 aliphatic heterocycles. The molecular weight excluding hydrogens is 323 g/mol. The molecule has 0 aromatic heterocycles. The van der Waals surface area contributed by atoms with E-state index in [-0.39, 0.29) is 0 Å². The molecule has 0 radical (unpaired) electrons. The monoisotopic (exact) mass is 350 g/mol.